The number of benzene rings is 1. The maximum atomic E-state index is 10.9. The Morgan fingerprint density at radius 2 is 1.85 bits per heavy atom. The van der Waals surface area contributed by atoms with Crippen LogP contribution in [0.4, 0.5) is 0 Å². The summed E-state index contributed by atoms with van der Waals surface area (Å²) in [5.41, 5.74) is 3.15. The Morgan fingerprint density at radius 3 is 2.35 bits per heavy atom. The Hall–Kier alpha value is -1.68. The van der Waals surface area contributed by atoms with Gasteiger partial charge in [0.25, 0.3) is 0 Å². The molecule has 2 rings (SSSR count). The minimum Gasteiger partial charge on any atom is -0.481 e. The molecule has 0 radical (unpaired) electrons. The molecule has 0 unspecified atom stereocenters. The third-order valence-electron chi connectivity index (χ3n) is 3.14. The van der Waals surface area contributed by atoms with Gasteiger partial charge in [-0.05, 0) is 17.9 Å². The van der Waals surface area contributed by atoms with Crippen LogP contribution in [-0.4, -0.2) is 16.1 Å². The number of carboxylic acids is 1. The van der Waals surface area contributed by atoms with Gasteiger partial charge in [0.1, 0.15) is 0 Å². The van der Waals surface area contributed by atoms with Gasteiger partial charge in [-0.15, -0.1) is 11.3 Å². The molecular weight excluding hydrogens is 270 g/mol. The summed E-state index contributed by atoms with van der Waals surface area (Å²) in [7, 11) is 0. The van der Waals surface area contributed by atoms with Crippen molar-refractivity contribution in [3.05, 3.63) is 39.7 Å². The number of hydrogen-bond acceptors (Lipinski definition) is 3. The summed E-state index contributed by atoms with van der Waals surface area (Å²) in [6.45, 7) is 8.42. The topological polar surface area (TPSA) is 50.2 Å². The van der Waals surface area contributed by atoms with Crippen molar-refractivity contribution in [2.75, 3.05) is 0 Å². The number of carbonyl (C=O) groups is 1. The first-order valence-corrected chi connectivity index (χ1v) is 7.38. The van der Waals surface area contributed by atoms with Gasteiger partial charge in [0.15, 0.2) is 0 Å². The van der Waals surface area contributed by atoms with Crippen molar-refractivity contribution < 1.29 is 9.90 Å². The van der Waals surface area contributed by atoms with Crippen molar-refractivity contribution in [1.29, 1.82) is 0 Å². The van der Waals surface area contributed by atoms with Crippen LogP contribution in [0.1, 0.15) is 36.2 Å². The van der Waals surface area contributed by atoms with Gasteiger partial charge in [0.05, 0.1) is 17.1 Å². The quantitative estimate of drug-likeness (QED) is 0.927. The van der Waals surface area contributed by atoms with Crippen LogP contribution >= 0.6 is 11.3 Å². The van der Waals surface area contributed by atoms with E-state index in [9.17, 15) is 4.79 Å². The first-order valence-electron chi connectivity index (χ1n) is 6.56. The zero-order valence-corrected chi connectivity index (χ0v) is 13.0. The second-order valence-corrected chi connectivity index (χ2v) is 7.19. The zero-order valence-electron chi connectivity index (χ0n) is 12.2. The summed E-state index contributed by atoms with van der Waals surface area (Å²) >= 11 is 1.46. The van der Waals surface area contributed by atoms with E-state index in [0.717, 1.165) is 21.1 Å². The summed E-state index contributed by atoms with van der Waals surface area (Å²) in [6, 6.07) is 8.24. The molecule has 1 aromatic heterocycles. The maximum Gasteiger partial charge on any atom is 0.308 e. The SMILES string of the molecule is Cc1nc(-c2ccc(C(C)(C)C)cc2)c(CC(=O)O)s1. The molecule has 0 aliphatic carbocycles. The van der Waals surface area contributed by atoms with Crippen molar-refractivity contribution in [3.8, 4) is 11.3 Å². The fourth-order valence-electron chi connectivity index (χ4n) is 2.08. The van der Waals surface area contributed by atoms with Crippen molar-refractivity contribution in [2.24, 2.45) is 0 Å². The van der Waals surface area contributed by atoms with E-state index in [2.05, 4.69) is 37.9 Å². The largest absolute Gasteiger partial charge is 0.481 e. The molecule has 4 heteroatoms. The molecule has 1 aromatic carbocycles. The molecular formula is C16H19NO2S. The van der Waals surface area contributed by atoms with Crippen LogP contribution in [0.2, 0.25) is 0 Å². The van der Waals surface area contributed by atoms with E-state index in [1.165, 1.54) is 16.9 Å². The van der Waals surface area contributed by atoms with Gasteiger partial charge in [-0.1, -0.05) is 45.0 Å². The third-order valence-corrected chi connectivity index (χ3v) is 4.11. The molecule has 1 heterocycles. The van der Waals surface area contributed by atoms with E-state index in [1.54, 1.807) is 0 Å². The van der Waals surface area contributed by atoms with Crippen LogP contribution in [0.15, 0.2) is 24.3 Å². The van der Waals surface area contributed by atoms with Crippen LogP contribution in [0.3, 0.4) is 0 Å². The zero-order chi connectivity index (χ0) is 14.9. The lowest BCUT2D eigenvalue weighted by molar-refractivity contribution is -0.136. The normalized spacial score (nSPS) is 11.6. The second kappa shape index (κ2) is 5.37. The first kappa shape index (κ1) is 14.7. The predicted molar refractivity (Wildman–Crippen MR) is 82.3 cm³/mol. The highest BCUT2D eigenvalue weighted by atomic mass is 32.1. The molecule has 3 nitrogen and oxygen atoms in total. The first-order chi connectivity index (χ1) is 9.27. The van der Waals surface area contributed by atoms with Crippen molar-refractivity contribution in [1.82, 2.24) is 4.98 Å². The third kappa shape index (κ3) is 3.25. The summed E-state index contributed by atoms with van der Waals surface area (Å²) in [4.78, 5) is 16.2. The number of aromatic nitrogens is 1. The van der Waals surface area contributed by atoms with Gasteiger partial charge in [-0.2, -0.15) is 0 Å². The van der Waals surface area contributed by atoms with Crippen LogP contribution in [0.25, 0.3) is 11.3 Å². The van der Waals surface area contributed by atoms with E-state index in [0.29, 0.717) is 0 Å². The molecule has 0 spiro atoms. The van der Waals surface area contributed by atoms with Crippen molar-refractivity contribution in [2.45, 2.75) is 39.5 Å². The average Bonchev–Trinajstić information content (AvgIpc) is 2.68. The van der Waals surface area contributed by atoms with E-state index in [1.807, 2.05) is 19.1 Å². The highest BCUT2D eigenvalue weighted by molar-refractivity contribution is 7.12. The fourth-order valence-corrected chi connectivity index (χ4v) is 3.03. The van der Waals surface area contributed by atoms with Crippen LogP contribution in [0, 0.1) is 6.92 Å². The molecule has 2 aromatic rings. The molecule has 0 aliphatic rings. The molecule has 0 saturated carbocycles. The Kier molecular flexibility index (Phi) is 3.95. The standard InChI is InChI=1S/C16H19NO2S/c1-10-17-15(13(20-10)9-14(18)19)11-5-7-12(8-6-11)16(2,3)4/h5-8H,9H2,1-4H3,(H,18,19). The molecule has 0 aliphatic heterocycles. The number of hydrogen-bond donors (Lipinski definition) is 1. The average molecular weight is 289 g/mol. The summed E-state index contributed by atoms with van der Waals surface area (Å²) in [6.07, 6.45) is 0.0296. The summed E-state index contributed by atoms with van der Waals surface area (Å²) in [5, 5.41) is 9.88. The molecule has 0 saturated heterocycles. The Labute approximate surface area is 123 Å². The van der Waals surface area contributed by atoms with Crippen LogP contribution < -0.4 is 0 Å². The number of carboxylic acid groups (broad SMARTS) is 1. The molecule has 0 amide bonds. The smallest absolute Gasteiger partial charge is 0.308 e. The Balaban J connectivity index is 2.39. The lowest BCUT2D eigenvalue weighted by atomic mass is 9.86. The van der Waals surface area contributed by atoms with Gasteiger partial charge in [-0.3, -0.25) is 4.79 Å². The summed E-state index contributed by atoms with van der Waals surface area (Å²) < 4.78 is 0. The van der Waals surface area contributed by atoms with E-state index < -0.39 is 5.97 Å². The number of rotatable bonds is 3. The number of nitrogens with zero attached hydrogens (tertiary/aromatic N) is 1. The number of thiazole rings is 1. The molecule has 0 bridgehead atoms. The van der Waals surface area contributed by atoms with Crippen LogP contribution in [-0.2, 0) is 16.6 Å². The van der Waals surface area contributed by atoms with Gasteiger partial charge >= 0.3 is 5.97 Å². The van der Waals surface area contributed by atoms with Crippen molar-refractivity contribution >= 4 is 17.3 Å². The molecule has 106 valence electrons. The molecule has 0 atom stereocenters. The second-order valence-electron chi connectivity index (χ2n) is 5.90. The van der Waals surface area contributed by atoms with Gasteiger partial charge in [0, 0.05) is 10.4 Å². The monoisotopic (exact) mass is 289 g/mol. The molecule has 1 N–H and O–H groups in total. The minimum absolute atomic E-state index is 0.0296. The lowest BCUT2D eigenvalue weighted by Crippen LogP contribution is -2.10. The van der Waals surface area contributed by atoms with Gasteiger partial charge in [0.2, 0.25) is 0 Å². The molecule has 0 fully saturated rings. The predicted octanol–water partition coefficient (Wildman–Crippen LogP) is 4.04. The number of aliphatic carboxylic acids is 1. The maximum absolute atomic E-state index is 10.9. The van der Waals surface area contributed by atoms with Crippen molar-refractivity contribution in [3.63, 3.8) is 0 Å². The minimum atomic E-state index is -0.818. The van der Waals surface area contributed by atoms with E-state index in [4.69, 9.17) is 5.11 Å². The summed E-state index contributed by atoms with van der Waals surface area (Å²) in [5.74, 6) is -0.818. The Morgan fingerprint density at radius 1 is 1.25 bits per heavy atom. The lowest BCUT2D eigenvalue weighted by Gasteiger charge is -2.19. The highest BCUT2D eigenvalue weighted by Gasteiger charge is 2.16. The fraction of sp³-hybridized carbons (Fsp3) is 0.375. The van der Waals surface area contributed by atoms with Crippen LogP contribution in [0.5, 0.6) is 0 Å². The van der Waals surface area contributed by atoms with E-state index in [-0.39, 0.29) is 11.8 Å². The molecule has 20 heavy (non-hydrogen) atoms. The van der Waals surface area contributed by atoms with Gasteiger partial charge < -0.3 is 5.11 Å². The highest BCUT2D eigenvalue weighted by Crippen LogP contribution is 2.30. The van der Waals surface area contributed by atoms with Gasteiger partial charge in [-0.25, -0.2) is 4.98 Å². The Bertz CT molecular complexity index is 621. The number of aryl methyl sites for hydroxylation is 1. The van der Waals surface area contributed by atoms with E-state index >= 15 is 0 Å².